The van der Waals surface area contributed by atoms with Gasteiger partial charge in [0.1, 0.15) is 11.5 Å². The molecule has 0 amide bonds. The molecule has 0 aliphatic rings. The Kier molecular flexibility index (Phi) is 6.82. The highest BCUT2D eigenvalue weighted by molar-refractivity contribution is 5.42. The number of aliphatic hydroxyl groups excluding tert-OH is 1. The van der Waals surface area contributed by atoms with Crippen molar-refractivity contribution in [2.45, 2.75) is 39.3 Å². The third-order valence-corrected chi connectivity index (χ3v) is 3.62. The van der Waals surface area contributed by atoms with Gasteiger partial charge in [-0.3, -0.25) is 0 Å². The minimum Gasteiger partial charge on any atom is -0.497 e. The summed E-state index contributed by atoms with van der Waals surface area (Å²) in [6, 6.07) is 6.28. The molecule has 1 rings (SSSR count). The van der Waals surface area contributed by atoms with Crippen molar-refractivity contribution in [3.63, 3.8) is 0 Å². The lowest BCUT2D eigenvalue weighted by molar-refractivity contribution is 0.236. The fraction of sp³-hybridized carbons (Fsp3) is 0.625. The van der Waals surface area contributed by atoms with Gasteiger partial charge in [0.05, 0.1) is 14.2 Å². The Labute approximate surface area is 122 Å². The van der Waals surface area contributed by atoms with Crippen LogP contribution in [0.1, 0.15) is 38.8 Å². The lowest BCUT2D eigenvalue weighted by Crippen LogP contribution is -2.36. The molecule has 20 heavy (non-hydrogen) atoms. The number of hydrogen-bond acceptors (Lipinski definition) is 4. The van der Waals surface area contributed by atoms with Gasteiger partial charge in [-0.05, 0) is 25.3 Å². The van der Waals surface area contributed by atoms with E-state index >= 15 is 0 Å². The molecule has 0 bridgehead atoms. The van der Waals surface area contributed by atoms with E-state index in [1.54, 1.807) is 14.2 Å². The van der Waals surface area contributed by atoms with Crippen molar-refractivity contribution < 1.29 is 14.6 Å². The van der Waals surface area contributed by atoms with E-state index in [1.807, 2.05) is 18.2 Å². The second-order valence-electron chi connectivity index (χ2n) is 5.36. The van der Waals surface area contributed by atoms with Crippen molar-refractivity contribution in [3.8, 4) is 11.5 Å². The van der Waals surface area contributed by atoms with Gasteiger partial charge >= 0.3 is 0 Å². The van der Waals surface area contributed by atoms with Crippen molar-refractivity contribution in [2.24, 2.45) is 5.92 Å². The van der Waals surface area contributed by atoms with Crippen LogP contribution in [0.5, 0.6) is 11.5 Å². The molecule has 114 valence electrons. The van der Waals surface area contributed by atoms with Crippen LogP contribution >= 0.6 is 0 Å². The van der Waals surface area contributed by atoms with Crippen LogP contribution in [0.3, 0.4) is 0 Å². The Morgan fingerprint density at radius 3 is 2.35 bits per heavy atom. The smallest absolute Gasteiger partial charge is 0.127 e. The lowest BCUT2D eigenvalue weighted by Gasteiger charge is -2.27. The van der Waals surface area contributed by atoms with Gasteiger partial charge in [-0.25, -0.2) is 0 Å². The van der Waals surface area contributed by atoms with Crippen molar-refractivity contribution in [2.75, 3.05) is 20.8 Å². The fourth-order valence-electron chi connectivity index (χ4n) is 2.34. The molecule has 0 aromatic heterocycles. The van der Waals surface area contributed by atoms with Crippen LogP contribution in [0.15, 0.2) is 18.2 Å². The second-order valence-corrected chi connectivity index (χ2v) is 5.36. The van der Waals surface area contributed by atoms with Crippen molar-refractivity contribution in [3.05, 3.63) is 23.8 Å². The second kappa shape index (κ2) is 8.12. The summed E-state index contributed by atoms with van der Waals surface area (Å²) in [6.45, 7) is 6.62. The summed E-state index contributed by atoms with van der Waals surface area (Å²) in [5.41, 5.74) is 1.09. The average Bonchev–Trinajstić information content (AvgIpc) is 2.45. The highest BCUT2D eigenvalue weighted by Crippen LogP contribution is 2.30. The zero-order chi connectivity index (χ0) is 15.1. The van der Waals surface area contributed by atoms with Crippen LogP contribution in [0.2, 0.25) is 0 Å². The number of methoxy groups -OCH3 is 2. The van der Waals surface area contributed by atoms with Crippen LogP contribution in [-0.2, 0) is 0 Å². The van der Waals surface area contributed by atoms with E-state index in [-0.39, 0.29) is 18.7 Å². The highest BCUT2D eigenvalue weighted by atomic mass is 16.5. The summed E-state index contributed by atoms with van der Waals surface area (Å²) in [6.07, 6.45) is 0.750. The Bertz CT molecular complexity index is 407. The predicted molar refractivity (Wildman–Crippen MR) is 81.4 cm³/mol. The SMILES string of the molecule is COc1ccc(C(C)NC(CCO)C(C)C)c(OC)c1. The average molecular weight is 281 g/mol. The molecule has 2 N–H and O–H groups in total. The number of rotatable bonds is 8. The molecule has 1 aromatic rings. The first-order valence-corrected chi connectivity index (χ1v) is 7.12. The van der Waals surface area contributed by atoms with Crippen LogP contribution in [0.25, 0.3) is 0 Å². The third-order valence-electron chi connectivity index (χ3n) is 3.62. The van der Waals surface area contributed by atoms with Crippen LogP contribution in [0.4, 0.5) is 0 Å². The molecule has 0 saturated heterocycles. The summed E-state index contributed by atoms with van der Waals surface area (Å²) in [5.74, 6) is 2.07. The number of hydrogen-bond donors (Lipinski definition) is 2. The van der Waals surface area contributed by atoms with Crippen molar-refractivity contribution >= 4 is 0 Å². The van der Waals surface area contributed by atoms with Gasteiger partial charge in [0, 0.05) is 30.3 Å². The minimum atomic E-state index is 0.148. The molecule has 0 fully saturated rings. The number of ether oxygens (including phenoxy) is 2. The fourth-order valence-corrected chi connectivity index (χ4v) is 2.34. The van der Waals surface area contributed by atoms with Crippen molar-refractivity contribution in [1.82, 2.24) is 5.32 Å². The number of nitrogens with one attached hydrogen (secondary N) is 1. The molecular formula is C16H27NO3. The maximum absolute atomic E-state index is 9.16. The molecule has 0 aliphatic heterocycles. The Hall–Kier alpha value is -1.26. The molecule has 2 atom stereocenters. The molecule has 4 heteroatoms. The molecule has 2 unspecified atom stereocenters. The molecule has 0 aliphatic carbocycles. The zero-order valence-corrected chi connectivity index (χ0v) is 13.1. The maximum atomic E-state index is 9.16. The van der Waals surface area contributed by atoms with Crippen LogP contribution < -0.4 is 14.8 Å². The van der Waals surface area contributed by atoms with Gasteiger partial charge in [-0.2, -0.15) is 0 Å². The topological polar surface area (TPSA) is 50.7 Å². The van der Waals surface area contributed by atoms with Gasteiger partial charge in [-0.15, -0.1) is 0 Å². The maximum Gasteiger partial charge on any atom is 0.127 e. The standard InChI is InChI=1S/C16H27NO3/c1-11(2)15(8-9-18)17-12(3)14-7-6-13(19-4)10-16(14)20-5/h6-7,10-12,15,17-18H,8-9H2,1-5H3. The highest BCUT2D eigenvalue weighted by Gasteiger charge is 2.19. The zero-order valence-electron chi connectivity index (χ0n) is 13.1. The molecule has 4 nitrogen and oxygen atoms in total. The Balaban J connectivity index is 2.87. The van der Waals surface area contributed by atoms with E-state index in [0.29, 0.717) is 5.92 Å². The van der Waals surface area contributed by atoms with E-state index < -0.39 is 0 Å². The van der Waals surface area contributed by atoms with Crippen LogP contribution in [-0.4, -0.2) is 32.0 Å². The predicted octanol–water partition coefficient (Wildman–Crippen LogP) is 2.76. The third kappa shape index (κ3) is 4.39. The van der Waals surface area contributed by atoms with E-state index in [9.17, 15) is 0 Å². The van der Waals surface area contributed by atoms with Crippen molar-refractivity contribution in [1.29, 1.82) is 0 Å². The minimum absolute atomic E-state index is 0.148. The summed E-state index contributed by atoms with van der Waals surface area (Å²) >= 11 is 0. The van der Waals surface area contributed by atoms with E-state index in [2.05, 4.69) is 26.1 Å². The largest absolute Gasteiger partial charge is 0.497 e. The quantitative estimate of drug-likeness (QED) is 0.769. The Morgan fingerprint density at radius 2 is 1.85 bits per heavy atom. The number of aliphatic hydroxyl groups is 1. The summed E-state index contributed by atoms with van der Waals surface area (Å²) in [5, 5.41) is 12.7. The molecule has 0 heterocycles. The van der Waals surface area contributed by atoms with E-state index in [1.165, 1.54) is 0 Å². The van der Waals surface area contributed by atoms with Gasteiger partial charge in [0.25, 0.3) is 0 Å². The van der Waals surface area contributed by atoms with Gasteiger partial charge in [0.2, 0.25) is 0 Å². The summed E-state index contributed by atoms with van der Waals surface area (Å²) in [7, 11) is 3.31. The van der Waals surface area contributed by atoms with Crippen LogP contribution in [0, 0.1) is 5.92 Å². The molecule has 0 spiro atoms. The first-order valence-electron chi connectivity index (χ1n) is 7.12. The van der Waals surface area contributed by atoms with Gasteiger partial charge in [0.15, 0.2) is 0 Å². The normalized spacial score (nSPS) is 14.2. The lowest BCUT2D eigenvalue weighted by atomic mass is 9.98. The van der Waals surface area contributed by atoms with E-state index in [4.69, 9.17) is 14.6 Å². The van der Waals surface area contributed by atoms with Gasteiger partial charge < -0.3 is 19.9 Å². The monoisotopic (exact) mass is 281 g/mol. The number of benzene rings is 1. The first kappa shape index (κ1) is 16.8. The molecule has 0 saturated carbocycles. The Morgan fingerprint density at radius 1 is 1.15 bits per heavy atom. The summed E-state index contributed by atoms with van der Waals surface area (Å²) in [4.78, 5) is 0. The first-order chi connectivity index (χ1) is 9.53. The molecular weight excluding hydrogens is 254 g/mol. The summed E-state index contributed by atoms with van der Waals surface area (Å²) < 4.78 is 10.7. The molecule has 1 aromatic carbocycles. The molecule has 0 radical (unpaired) electrons. The van der Waals surface area contributed by atoms with E-state index in [0.717, 1.165) is 23.5 Å². The van der Waals surface area contributed by atoms with Gasteiger partial charge in [-0.1, -0.05) is 19.9 Å².